The van der Waals surface area contributed by atoms with Crippen LogP contribution in [0.15, 0.2) is 30.5 Å². The molecule has 2 aromatic rings. The highest BCUT2D eigenvalue weighted by molar-refractivity contribution is 5.96. The smallest absolute Gasteiger partial charge is 0.0560 e. The van der Waals surface area contributed by atoms with Gasteiger partial charge in [-0.2, -0.15) is 0 Å². The first-order chi connectivity index (χ1) is 8.74. The molecular weight excluding hydrogens is 220 g/mol. The standard InChI is InChI=1S/C16H18N2/c1-10-7-14-13-4-3-11(2)12-5-6-18(16(12)13)9-15(14)17-8-10/h3-7,10,15,17H,8-9H2,1-2H3. The van der Waals surface area contributed by atoms with E-state index in [1.54, 1.807) is 0 Å². The summed E-state index contributed by atoms with van der Waals surface area (Å²) >= 11 is 0. The molecule has 0 aliphatic carbocycles. The van der Waals surface area contributed by atoms with E-state index in [9.17, 15) is 0 Å². The van der Waals surface area contributed by atoms with Crippen molar-refractivity contribution >= 4 is 16.5 Å². The van der Waals surface area contributed by atoms with Gasteiger partial charge in [-0.15, -0.1) is 0 Å². The van der Waals surface area contributed by atoms with Crippen molar-refractivity contribution in [2.24, 2.45) is 5.92 Å². The number of aromatic nitrogens is 1. The van der Waals surface area contributed by atoms with Crippen molar-refractivity contribution in [2.45, 2.75) is 26.4 Å². The van der Waals surface area contributed by atoms with Gasteiger partial charge in [0.25, 0.3) is 0 Å². The molecule has 92 valence electrons. The van der Waals surface area contributed by atoms with Crippen LogP contribution in [0.2, 0.25) is 0 Å². The molecule has 1 aromatic heterocycles. The van der Waals surface area contributed by atoms with Crippen LogP contribution in [-0.4, -0.2) is 17.2 Å². The van der Waals surface area contributed by atoms with Crippen molar-refractivity contribution < 1.29 is 0 Å². The Hall–Kier alpha value is -1.54. The van der Waals surface area contributed by atoms with Crippen LogP contribution < -0.4 is 5.32 Å². The molecule has 0 bridgehead atoms. The van der Waals surface area contributed by atoms with Crippen LogP contribution in [0.5, 0.6) is 0 Å². The van der Waals surface area contributed by atoms with Gasteiger partial charge in [0.05, 0.1) is 11.6 Å². The number of fused-ring (bicyclic) bond motifs is 2. The Morgan fingerprint density at radius 1 is 1.28 bits per heavy atom. The van der Waals surface area contributed by atoms with Gasteiger partial charge < -0.3 is 9.88 Å². The van der Waals surface area contributed by atoms with Gasteiger partial charge in [-0.3, -0.25) is 0 Å². The maximum atomic E-state index is 3.67. The molecule has 2 atom stereocenters. The van der Waals surface area contributed by atoms with E-state index in [-0.39, 0.29) is 0 Å². The minimum absolute atomic E-state index is 0.493. The van der Waals surface area contributed by atoms with Gasteiger partial charge in [-0.25, -0.2) is 0 Å². The maximum absolute atomic E-state index is 3.67. The van der Waals surface area contributed by atoms with E-state index in [1.807, 2.05) is 0 Å². The van der Waals surface area contributed by atoms with E-state index >= 15 is 0 Å². The van der Waals surface area contributed by atoms with Gasteiger partial charge in [0.2, 0.25) is 0 Å². The average Bonchev–Trinajstić information content (AvgIpc) is 2.78. The van der Waals surface area contributed by atoms with E-state index in [0.717, 1.165) is 13.1 Å². The van der Waals surface area contributed by atoms with Gasteiger partial charge in [0.1, 0.15) is 0 Å². The highest BCUT2D eigenvalue weighted by atomic mass is 15.1. The topological polar surface area (TPSA) is 17.0 Å². The first-order valence-electron chi connectivity index (χ1n) is 6.78. The molecule has 1 N–H and O–H groups in total. The normalized spacial score (nSPS) is 26.0. The fraction of sp³-hybridized carbons (Fsp3) is 0.375. The molecule has 0 spiro atoms. The Kier molecular flexibility index (Phi) is 2.01. The molecular formula is C16H18N2. The van der Waals surface area contributed by atoms with Gasteiger partial charge in [0.15, 0.2) is 0 Å². The summed E-state index contributed by atoms with van der Waals surface area (Å²) in [6.07, 6.45) is 4.69. The molecule has 0 fully saturated rings. The van der Waals surface area contributed by atoms with E-state index in [0.29, 0.717) is 12.0 Å². The third kappa shape index (κ3) is 1.27. The van der Waals surface area contributed by atoms with Gasteiger partial charge in [-0.05, 0) is 30.0 Å². The zero-order valence-electron chi connectivity index (χ0n) is 10.9. The van der Waals surface area contributed by atoms with Crippen molar-refractivity contribution in [3.05, 3.63) is 41.6 Å². The van der Waals surface area contributed by atoms with Crippen molar-refractivity contribution in [1.82, 2.24) is 9.88 Å². The number of aryl methyl sites for hydroxylation is 1. The SMILES string of the molecule is Cc1ccc2c3c1ccn3CC1NCC(C)C=C21. The molecule has 2 unspecified atom stereocenters. The molecule has 4 rings (SSSR count). The predicted octanol–water partition coefficient (Wildman–Crippen LogP) is 2.95. The molecule has 2 nitrogen and oxygen atoms in total. The van der Waals surface area contributed by atoms with Crippen molar-refractivity contribution in [3.8, 4) is 0 Å². The predicted molar refractivity (Wildman–Crippen MR) is 75.6 cm³/mol. The van der Waals surface area contributed by atoms with Crippen molar-refractivity contribution in [1.29, 1.82) is 0 Å². The monoisotopic (exact) mass is 238 g/mol. The van der Waals surface area contributed by atoms with Crippen LogP contribution in [0, 0.1) is 12.8 Å². The third-order valence-electron chi connectivity index (χ3n) is 4.36. The number of nitrogens with zero attached hydrogens (tertiary/aromatic N) is 1. The summed E-state index contributed by atoms with van der Waals surface area (Å²) in [6, 6.07) is 7.30. The first-order valence-corrected chi connectivity index (χ1v) is 6.78. The first kappa shape index (κ1) is 10.4. The summed E-state index contributed by atoms with van der Waals surface area (Å²) in [6.45, 7) is 6.65. The number of nitrogens with one attached hydrogen (secondary N) is 1. The number of hydrogen-bond donors (Lipinski definition) is 1. The molecule has 2 aliphatic heterocycles. The second-order valence-corrected chi connectivity index (χ2v) is 5.72. The lowest BCUT2D eigenvalue weighted by molar-refractivity contribution is 0.472. The largest absolute Gasteiger partial charge is 0.345 e. The summed E-state index contributed by atoms with van der Waals surface area (Å²) < 4.78 is 2.41. The quantitative estimate of drug-likeness (QED) is 0.746. The van der Waals surface area contributed by atoms with Gasteiger partial charge >= 0.3 is 0 Å². The van der Waals surface area contributed by atoms with E-state index in [4.69, 9.17) is 0 Å². The Labute approximate surface area is 107 Å². The second kappa shape index (κ2) is 3.48. The highest BCUT2D eigenvalue weighted by Gasteiger charge is 2.28. The Morgan fingerprint density at radius 2 is 2.17 bits per heavy atom. The highest BCUT2D eigenvalue weighted by Crippen LogP contribution is 2.36. The number of rotatable bonds is 0. The minimum atomic E-state index is 0.493. The second-order valence-electron chi connectivity index (χ2n) is 5.72. The molecule has 0 saturated heterocycles. The van der Waals surface area contributed by atoms with Crippen molar-refractivity contribution in [3.63, 3.8) is 0 Å². The fourth-order valence-corrected chi connectivity index (χ4v) is 3.41. The van der Waals surface area contributed by atoms with Crippen LogP contribution in [0.3, 0.4) is 0 Å². The fourth-order valence-electron chi connectivity index (χ4n) is 3.41. The lowest BCUT2D eigenvalue weighted by Gasteiger charge is -2.34. The number of hydrogen-bond acceptors (Lipinski definition) is 1. The number of benzene rings is 1. The molecule has 2 aliphatic rings. The van der Waals surface area contributed by atoms with E-state index < -0.39 is 0 Å². The summed E-state index contributed by atoms with van der Waals surface area (Å²) in [5.41, 5.74) is 5.73. The molecule has 1 aromatic carbocycles. The summed E-state index contributed by atoms with van der Waals surface area (Å²) in [4.78, 5) is 0. The average molecular weight is 238 g/mol. The zero-order chi connectivity index (χ0) is 12.3. The lowest BCUT2D eigenvalue weighted by atomic mass is 9.87. The summed E-state index contributed by atoms with van der Waals surface area (Å²) in [7, 11) is 0. The molecule has 2 heteroatoms. The zero-order valence-corrected chi connectivity index (χ0v) is 10.9. The molecule has 3 heterocycles. The molecule has 0 saturated carbocycles. The van der Waals surface area contributed by atoms with E-state index in [1.165, 1.54) is 27.6 Å². The van der Waals surface area contributed by atoms with Gasteiger partial charge in [0, 0.05) is 30.2 Å². The molecule has 0 radical (unpaired) electrons. The van der Waals surface area contributed by atoms with Crippen LogP contribution in [0.1, 0.15) is 18.1 Å². The van der Waals surface area contributed by atoms with E-state index in [2.05, 4.69) is 54.2 Å². The van der Waals surface area contributed by atoms with Crippen LogP contribution >= 0.6 is 0 Å². The Balaban J connectivity index is 2.05. The Morgan fingerprint density at radius 3 is 3.06 bits per heavy atom. The van der Waals surface area contributed by atoms with Crippen LogP contribution in [-0.2, 0) is 6.54 Å². The summed E-state index contributed by atoms with van der Waals surface area (Å²) in [5, 5.41) is 5.08. The van der Waals surface area contributed by atoms with Crippen molar-refractivity contribution in [2.75, 3.05) is 6.54 Å². The Bertz CT molecular complexity index is 663. The van der Waals surface area contributed by atoms with Gasteiger partial charge in [-0.1, -0.05) is 25.1 Å². The molecule has 18 heavy (non-hydrogen) atoms. The molecule has 0 amide bonds. The van der Waals surface area contributed by atoms with Crippen LogP contribution in [0.25, 0.3) is 16.5 Å². The lowest BCUT2D eigenvalue weighted by Crippen LogP contribution is -2.42. The van der Waals surface area contributed by atoms with Crippen LogP contribution in [0.4, 0.5) is 0 Å². The minimum Gasteiger partial charge on any atom is -0.345 e. The third-order valence-corrected chi connectivity index (χ3v) is 4.36. The maximum Gasteiger partial charge on any atom is 0.0560 e. The summed E-state index contributed by atoms with van der Waals surface area (Å²) in [5.74, 6) is 0.633.